The summed E-state index contributed by atoms with van der Waals surface area (Å²) in [7, 11) is -3.27. The zero-order valence-corrected chi connectivity index (χ0v) is 13.2. The predicted molar refractivity (Wildman–Crippen MR) is 77.9 cm³/mol. The maximum Gasteiger partial charge on any atom is 0.220 e. The van der Waals surface area contributed by atoms with Gasteiger partial charge < -0.3 is 10.1 Å². The van der Waals surface area contributed by atoms with Crippen LogP contribution in [0.15, 0.2) is 0 Å². The molecule has 1 saturated heterocycles. The number of nitrogens with one attached hydrogen (secondary N) is 1. The highest BCUT2D eigenvalue weighted by Crippen LogP contribution is 2.14. The summed E-state index contributed by atoms with van der Waals surface area (Å²) in [6.45, 7) is 3.76. The van der Waals surface area contributed by atoms with Gasteiger partial charge in [-0.1, -0.05) is 13.3 Å². The molecule has 1 atom stereocenters. The number of hydrogen-bond donors (Lipinski definition) is 1. The lowest BCUT2D eigenvalue weighted by molar-refractivity contribution is -0.121. The first-order chi connectivity index (χ1) is 9.43. The average molecular weight is 306 g/mol. The summed E-state index contributed by atoms with van der Waals surface area (Å²) in [5.41, 5.74) is 0. The van der Waals surface area contributed by atoms with E-state index in [0.29, 0.717) is 32.7 Å². The van der Waals surface area contributed by atoms with Gasteiger partial charge in [0.15, 0.2) is 0 Å². The monoisotopic (exact) mass is 306 g/mol. The summed E-state index contributed by atoms with van der Waals surface area (Å²) in [4.78, 5) is 11.5. The molecule has 0 saturated carbocycles. The smallest absolute Gasteiger partial charge is 0.220 e. The van der Waals surface area contributed by atoms with Crippen molar-refractivity contribution in [2.75, 3.05) is 32.5 Å². The van der Waals surface area contributed by atoms with Crippen molar-refractivity contribution in [3.05, 3.63) is 0 Å². The molecule has 7 heteroatoms. The molecular weight excluding hydrogens is 280 g/mol. The van der Waals surface area contributed by atoms with Gasteiger partial charge in [0.1, 0.15) is 0 Å². The summed E-state index contributed by atoms with van der Waals surface area (Å²) in [6, 6.07) is 0. The average Bonchev–Trinajstić information content (AvgIpc) is 2.87. The van der Waals surface area contributed by atoms with Crippen molar-refractivity contribution in [3.63, 3.8) is 0 Å². The molecule has 0 aliphatic carbocycles. The minimum atomic E-state index is -3.27. The van der Waals surface area contributed by atoms with Gasteiger partial charge in [-0.05, 0) is 19.3 Å². The predicted octanol–water partition coefficient (Wildman–Crippen LogP) is 0.733. The molecule has 1 amide bonds. The van der Waals surface area contributed by atoms with Crippen LogP contribution in [0.1, 0.15) is 39.0 Å². The zero-order chi connectivity index (χ0) is 15.0. The summed E-state index contributed by atoms with van der Waals surface area (Å²) in [6.07, 6.45) is 5.40. The lowest BCUT2D eigenvalue weighted by atomic mass is 10.2. The van der Waals surface area contributed by atoms with Gasteiger partial charge in [-0.15, -0.1) is 0 Å². The number of ether oxygens (including phenoxy) is 1. The quantitative estimate of drug-likeness (QED) is 0.681. The summed E-state index contributed by atoms with van der Waals surface area (Å²) in [5, 5.41) is 2.76. The second-order valence-corrected chi connectivity index (χ2v) is 7.19. The first-order valence-electron chi connectivity index (χ1n) is 7.27. The molecule has 1 fully saturated rings. The van der Waals surface area contributed by atoms with E-state index < -0.39 is 10.0 Å². The molecule has 1 rings (SSSR count). The highest BCUT2D eigenvalue weighted by Gasteiger charge is 2.24. The Morgan fingerprint density at radius 1 is 1.45 bits per heavy atom. The van der Waals surface area contributed by atoms with Gasteiger partial charge in [-0.2, -0.15) is 4.31 Å². The molecule has 0 aromatic heterocycles. The van der Waals surface area contributed by atoms with E-state index in [4.69, 9.17) is 4.74 Å². The van der Waals surface area contributed by atoms with Crippen LogP contribution in [0.2, 0.25) is 0 Å². The minimum absolute atomic E-state index is 0.0134. The standard InChI is InChI=1S/C13H26N2O4S/c1-3-4-7-13(16)14-8-9-15(20(2,17)18)11-12-6-5-10-19-12/h12H,3-11H2,1-2H3,(H,14,16). The fourth-order valence-corrected chi connectivity index (χ4v) is 3.01. The van der Waals surface area contributed by atoms with Gasteiger partial charge in [0.25, 0.3) is 0 Å². The van der Waals surface area contributed by atoms with Crippen LogP contribution in [0.25, 0.3) is 0 Å². The Morgan fingerprint density at radius 3 is 2.75 bits per heavy atom. The fourth-order valence-electron chi connectivity index (χ4n) is 2.15. The van der Waals surface area contributed by atoms with E-state index in [2.05, 4.69) is 5.32 Å². The van der Waals surface area contributed by atoms with Crippen LogP contribution in [-0.2, 0) is 19.6 Å². The molecule has 0 radical (unpaired) electrons. The fraction of sp³-hybridized carbons (Fsp3) is 0.923. The van der Waals surface area contributed by atoms with Crippen LogP contribution in [0.3, 0.4) is 0 Å². The first-order valence-corrected chi connectivity index (χ1v) is 9.11. The minimum Gasteiger partial charge on any atom is -0.377 e. The van der Waals surface area contributed by atoms with Crippen LogP contribution in [0.4, 0.5) is 0 Å². The third-order valence-electron chi connectivity index (χ3n) is 3.34. The van der Waals surface area contributed by atoms with Crippen LogP contribution in [0.5, 0.6) is 0 Å². The van der Waals surface area contributed by atoms with Crippen molar-refractivity contribution in [2.45, 2.75) is 45.1 Å². The Bertz CT molecular complexity index is 391. The van der Waals surface area contributed by atoms with E-state index in [9.17, 15) is 13.2 Å². The van der Waals surface area contributed by atoms with Gasteiger partial charge >= 0.3 is 0 Å². The molecule has 1 N–H and O–H groups in total. The Balaban J connectivity index is 2.35. The highest BCUT2D eigenvalue weighted by atomic mass is 32.2. The van der Waals surface area contributed by atoms with Crippen molar-refractivity contribution in [1.29, 1.82) is 0 Å². The Labute approximate surface area is 121 Å². The zero-order valence-electron chi connectivity index (χ0n) is 12.4. The van der Waals surface area contributed by atoms with Crippen LogP contribution >= 0.6 is 0 Å². The van der Waals surface area contributed by atoms with Gasteiger partial charge in [-0.25, -0.2) is 8.42 Å². The molecule has 1 heterocycles. The van der Waals surface area contributed by atoms with Crippen molar-refractivity contribution in [3.8, 4) is 0 Å². The van der Waals surface area contributed by atoms with E-state index in [1.54, 1.807) is 0 Å². The third-order valence-corrected chi connectivity index (χ3v) is 4.61. The maximum absolute atomic E-state index is 11.7. The number of sulfonamides is 1. The van der Waals surface area contributed by atoms with E-state index in [0.717, 1.165) is 25.7 Å². The van der Waals surface area contributed by atoms with Crippen molar-refractivity contribution < 1.29 is 17.9 Å². The summed E-state index contributed by atoms with van der Waals surface area (Å²) >= 11 is 0. The molecule has 1 aliphatic rings. The SMILES string of the molecule is CCCCC(=O)NCCN(CC1CCCO1)S(C)(=O)=O. The summed E-state index contributed by atoms with van der Waals surface area (Å²) in [5.74, 6) is -0.0163. The largest absolute Gasteiger partial charge is 0.377 e. The van der Waals surface area contributed by atoms with Gasteiger partial charge in [0, 0.05) is 32.7 Å². The third kappa shape index (κ3) is 6.67. The first kappa shape index (κ1) is 17.4. The molecule has 0 aromatic rings. The van der Waals surface area contributed by atoms with E-state index in [-0.39, 0.29) is 12.0 Å². The molecular formula is C13H26N2O4S. The molecule has 0 aromatic carbocycles. The molecule has 1 aliphatic heterocycles. The molecule has 1 unspecified atom stereocenters. The van der Waals surface area contributed by atoms with Gasteiger partial charge in [0.05, 0.1) is 12.4 Å². The lowest BCUT2D eigenvalue weighted by Crippen LogP contribution is -2.41. The summed E-state index contributed by atoms with van der Waals surface area (Å²) < 4.78 is 30.3. The Hall–Kier alpha value is -0.660. The van der Waals surface area contributed by atoms with Crippen molar-refractivity contribution in [1.82, 2.24) is 9.62 Å². The lowest BCUT2D eigenvalue weighted by Gasteiger charge is -2.23. The van der Waals surface area contributed by atoms with Crippen LogP contribution in [-0.4, -0.2) is 57.2 Å². The molecule has 6 nitrogen and oxygen atoms in total. The number of nitrogens with zero attached hydrogens (tertiary/aromatic N) is 1. The number of carbonyl (C=O) groups is 1. The molecule has 0 bridgehead atoms. The molecule has 0 spiro atoms. The van der Waals surface area contributed by atoms with Crippen LogP contribution in [0, 0.1) is 0 Å². The second-order valence-electron chi connectivity index (χ2n) is 5.21. The van der Waals surface area contributed by atoms with Crippen LogP contribution < -0.4 is 5.32 Å². The number of hydrogen-bond acceptors (Lipinski definition) is 4. The van der Waals surface area contributed by atoms with Crippen molar-refractivity contribution in [2.24, 2.45) is 0 Å². The molecule has 118 valence electrons. The number of carbonyl (C=O) groups excluding carboxylic acids is 1. The molecule has 20 heavy (non-hydrogen) atoms. The Kier molecular flexibility index (Phi) is 7.47. The topological polar surface area (TPSA) is 75.7 Å². The van der Waals surface area contributed by atoms with E-state index in [1.807, 2.05) is 6.92 Å². The maximum atomic E-state index is 11.7. The normalized spacial score (nSPS) is 19.4. The number of amides is 1. The Morgan fingerprint density at radius 2 is 2.20 bits per heavy atom. The van der Waals surface area contributed by atoms with Crippen molar-refractivity contribution >= 4 is 15.9 Å². The second kappa shape index (κ2) is 8.59. The van der Waals surface area contributed by atoms with Gasteiger partial charge in [-0.3, -0.25) is 4.79 Å². The van der Waals surface area contributed by atoms with Gasteiger partial charge in [0.2, 0.25) is 15.9 Å². The number of rotatable bonds is 9. The highest BCUT2D eigenvalue weighted by molar-refractivity contribution is 7.88. The van der Waals surface area contributed by atoms with E-state index >= 15 is 0 Å². The van der Waals surface area contributed by atoms with E-state index in [1.165, 1.54) is 10.6 Å². The number of unbranched alkanes of at least 4 members (excludes halogenated alkanes) is 1.